The molecule has 1 aromatic rings. The monoisotopic (exact) mass is 237 g/mol. The number of hydrogen-bond donors (Lipinski definition) is 1. The van der Waals surface area contributed by atoms with Crippen molar-refractivity contribution in [1.82, 2.24) is 0 Å². The molecule has 1 unspecified atom stereocenters. The van der Waals surface area contributed by atoms with E-state index in [0.29, 0.717) is 11.3 Å². The van der Waals surface area contributed by atoms with Crippen LogP contribution in [0, 0.1) is 12.3 Å². The summed E-state index contributed by atoms with van der Waals surface area (Å²) in [6.07, 6.45) is 7.02. The Morgan fingerprint density at radius 3 is 2.38 bits per heavy atom. The number of benzene rings is 1. The molecular weight excluding hydrogens is 222 g/mol. The van der Waals surface area contributed by atoms with Gasteiger partial charge in [-0.15, -0.1) is 12.3 Å². The zero-order valence-corrected chi connectivity index (χ0v) is 10.2. The van der Waals surface area contributed by atoms with Gasteiger partial charge in [0.1, 0.15) is 0 Å². The minimum atomic E-state index is -3.12. The van der Waals surface area contributed by atoms with Crippen LogP contribution in [0.25, 0.3) is 0 Å². The Labute approximate surface area is 96.8 Å². The molecule has 0 heterocycles. The first kappa shape index (κ1) is 12.6. The Kier molecular flexibility index (Phi) is 3.97. The van der Waals surface area contributed by atoms with Crippen molar-refractivity contribution in [2.24, 2.45) is 0 Å². The van der Waals surface area contributed by atoms with E-state index in [2.05, 4.69) is 11.2 Å². The second kappa shape index (κ2) is 5.04. The topological polar surface area (TPSA) is 46.2 Å². The molecule has 0 aliphatic carbocycles. The van der Waals surface area contributed by atoms with Gasteiger partial charge < -0.3 is 5.32 Å². The fourth-order valence-corrected chi connectivity index (χ4v) is 1.94. The van der Waals surface area contributed by atoms with Gasteiger partial charge in [-0.2, -0.15) is 0 Å². The molecule has 0 aliphatic heterocycles. The molecule has 0 aromatic heterocycles. The summed E-state index contributed by atoms with van der Waals surface area (Å²) in [4.78, 5) is 0.322. The molecule has 16 heavy (non-hydrogen) atoms. The zero-order chi connectivity index (χ0) is 12.2. The van der Waals surface area contributed by atoms with Gasteiger partial charge in [-0.05, 0) is 31.2 Å². The van der Waals surface area contributed by atoms with Crippen LogP contribution in [0.2, 0.25) is 0 Å². The van der Waals surface area contributed by atoms with Crippen molar-refractivity contribution < 1.29 is 8.42 Å². The first-order valence-electron chi connectivity index (χ1n) is 4.93. The standard InChI is InChI=1S/C12H15NO2S/c1-4-5-10(2)13-11-6-8-12(9-7-11)16(3,14)15/h1,6-10,13H,5H2,2-3H3. The Balaban J connectivity index is 2.77. The molecular formula is C12H15NO2S. The molecule has 0 spiro atoms. The average molecular weight is 237 g/mol. The molecule has 4 heteroatoms. The predicted octanol–water partition coefficient (Wildman–Crippen LogP) is 1.91. The summed E-state index contributed by atoms with van der Waals surface area (Å²) in [6, 6.07) is 6.82. The van der Waals surface area contributed by atoms with E-state index in [0.717, 1.165) is 5.69 Å². The fraction of sp³-hybridized carbons (Fsp3) is 0.333. The second-order valence-electron chi connectivity index (χ2n) is 3.75. The highest BCUT2D eigenvalue weighted by Gasteiger charge is 2.06. The normalized spacial score (nSPS) is 12.8. The van der Waals surface area contributed by atoms with Crippen molar-refractivity contribution >= 4 is 15.5 Å². The van der Waals surface area contributed by atoms with E-state index in [-0.39, 0.29) is 6.04 Å². The van der Waals surface area contributed by atoms with E-state index >= 15 is 0 Å². The zero-order valence-electron chi connectivity index (χ0n) is 9.40. The van der Waals surface area contributed by atoms with Gasteiger partial charge in [0.15, 0.2) is 9.84 Å². The Bertz CT molecular complexity index is 483. The molecule has 86 valence electrons. The SMILES string of the molecule is C#CCC(C)Nc1ccc(S(C)(=O)=O)cc1. The molecule has 1 atom stereocenters. The van der Waals surface area contributed by atoms with Crippen molar-refractivity contribution in [1.29, 1.82) is 0 Å². The maximum absolute atomic E-state index is 11.2. The van der Waals surface area contributed by atoms with Crippen molar-refractivity contribution in [2.75, 3.05) is 11.6 Å². The minimum absolute atomic E-state index is 0.175. The molecule has 0 fully saturated rings. The minimum Gasteiger partial charge on any atom is -0.382 e. The average Bonchev–Trinajstić information content (AvgIpc) is 2.17. The molecule has 0 saturated heterocycles. The van der Waals surface area contributed by atoms with Crippen LogP contribution >= 0.6 is 0 Å². The third kappa shape index (κ3) is 3.59. The lowest BCUT2D eigenvalue weighted by atomic mass is 10.2. The smallest absolute Gasteiger partial charge is 0.175 e. The van der Waals surface area contributed by atoms with Crippen LogP contribution < -0.4 is 5.32 Å². The summed E-state index contributed by atoms with van der Waals surface area (Å²) in [5.74, 6) is 2.56. The first-order valence-corrected chi connectivity index (χ1v) is 6.82. The fourth-order valence-electron chi connectivity index (χ4n) is 1.31. The van der Waals surface area contributed by atoms with Crippen molar-refractivity contribution in [2.45, 2.75) is 24.3 Å². The second-order valence-corrected chi connectivity index (χ2v) is 5.77. The van der Waals surface area contributed by atoms with Crippen LogP contribution in [-0.2, 0) is 9.84 Å². The molecule has 1 rings (SSSR count). The highest BCUT2D eigenvalue weighted by atomic mass is 32.2. The van der Waals surface area contributed by atoms with E-state index in [1.54, 1.807) is 24.3 Å². The van der Waals surface area contributed by atoms with Crippen LogP contribution in [0.3, 0.4) is 0 Å². The van der Waals surface area contributed by atoms with Gasteiger partial charge in [0.05, 0.1) is 4.90 Å². The summed E-state index contributed by atoms with van der Waals surface area (Å²) in [5, 5.41) is 3.18. The molecule has 1 N–H and O–H groups in total. The number of sulfone groups is 1. The number of hydrogen-bond acceptors (Lipinski definition) is 3. The number of anilines is 1. The maximum atomic E-state index is 11.2. The Hall–Kier alpha value is -1.47. The van der Waals surface area contributed by atoms with E-state index in [9.17, 15) is 8.42 Å². The summed E-state index contributed by atoms with van der Waals surface area (Å²) in [7, 11) is -3.12. The Morgan fingerprint density at radius 1 is 1.38 bits per heavy atom. The van der Waals surface area contributed by atoms with Gasteiger partial charge in [-0.3, -0.25) is 0 Å². The van der Waals surface area contributed by atoms with E-state index in [1.165, 1.54) is 6.26 Å². The third-order valence-electron chi connectivity index (χ3n) is 2.12. The quantitative estimate of drug-likeness (QED) is 0.814. The number of terminal acetylenes is 1. The largest absolute Gasteiger partial charge is 0.382 e. The Morgan fingerprint density at radius 2 is 1.94 bits per heavy atom. The molecule has 0 amide bonds. The molecule has 0 bridgehead atoms. The lowest BCUT2D eigenvalue weighted by molar-refractivity contribution is 0.602. The van der Waals surface area contributed by atoms with Gasteiger partial charge in [-0.25, -0.2) is 8.42 Å². The summed E-state index contributed by atoms with van der Waals surface area (Å²) < 4.78 is 22.4. The number of rotatable bonds is 4. The van der Waals surface area contributed by atoms with Gasteiger partial charge in [0.2, 0.25) is 0 Å². The predicted molar refractivity (Wildman–Crippen MR) is 66.1 cm³/mol. The van der Waals surface area contributed by atoms with E-state index < -0.39 is 9.84 Å². The molecule has 0 saturated carbocycles. The molecule has 1 aromatic carbocycles. The highest BCUT2D eigenvalue weighted by Crippen LogP contribution is 2.14. The first-order chi connectivity index (χ1) is 7.43. The van der Waals surface area contributed by atoms with E-state index in [1.807, 2.05) is 6.92 Å². The van der Waals surface area contributed by atoms with Gasteiger partial charge in [-0.1, -0.05) is 0 Å². The summed E-state index contributed by atoms with van der Waals surface area (Å²) in [5.41, 5.74) is 0.871. The van der Waals surface area contributed by atoms with Crippen molar-refractivity contribution in [3.63, 3.8) is 0 Å². The van der Waals surface area contributed by atoms with Crippen LogP contribution in [0.4, 0.5) is 5.69 Å². The lowest BCUT2D eigenvalue weighted by Crippen LogP contribution is -2.13. The highest BCUT2D eigenvalue weighted by molar-refractivity contribution is 7.90. The van der Waals surface area contributed by atoms with Crippen molar-refractivity contribution in [3.8, 4) is 12.3 Å². The van der Waals surface area contributed by atoms with Gasteiger partial charge >= 0.3 is 0 Å². The summed E-state index contributed by atoms with van der Waals surface area (Å²) in [6.45, 7) is 1.98. The van der Waals surface area contributed by atoms with E-state index in [4.69, 9.17) is 6.42 Å². The molecule has 0 radical (unpaired) electrons. The van der Waals surface area contributed by atoms with Gasteiger partial charge in [0.25, 0.3) is 0 Å². The van der Waals surface area contributed by atoms with Crippen LogP contribution in [-0.4, -0.2) is 20.7 Å². The van der Waals surface area contributed by atoms with Gasteiger partial charge in [0, 0.05) is 24.4 Å². The maximum Gasteiger partial charge on any atom is 0.175 e. The molecule has 0 aliphatic rings. The lowest BCUT2D eigenvalue weighted by Gasteiger charge is -2.12. The van der Waals surface area contributed by atoms with Crippen molar-refractivity contribution in [3.05, 3.63) is 24.3 Å². The van der Waals surface area contributed by atoms with Crippen LogP contribution in [0.15, 0.2) is 29.2 Å². The van der Waals surface area contributed by atoms with Crippen LogP contribution in [0.1, 0.15) is 13.3 Å². The molecule has 3 nitrogen and oxygen atoms in total. The van der Waals surface area contributed by atoms with Crippen LogP contribution in [0.5, 0.6) is 0 Å². The third-order valence-corrected chi connectivity index (χ3v) is 3.25. The summed E-state index contributed by atoms with van der Waals surface area (Å²) >= 11 is 0. The number of nitrogens with one attached hydrogen (secondary N) is 1.